The number of benzene rings is 2. The second-order valence-electron chi connectivity index (χ2n) is 9.21. The standard InChI is InChI=1S/C25H28N4O3/c1-28-22-12-17(2-3-19(22)14-26-28)18-4-5-20-21(8-11-31-23(20)13-18)27-25(30)32-24-15-29-9-6-16(24)7-10-29/h2-5,12-14,16,21,24H,6-11,15H2,1H3,(H,27,30)/t21?,24-/m1/s1. The summed E-state index contributed by atoms with van der Waals surface area (Å²) in [5.74, 6) is 1.33. The monoisotopic (exact) mass is 432 g/mol. The summed E-state index contributed by atoms with van der Waals surface area (Å²) < 4.78 is 13.7. The van der Waals surface area contributed by atoms with Crippen LogP contribution in [-0.2, 0) is 11.8 Å². The number of ether oxygens (including phenoxy) is 2. The van der Waals surface area contributed by atoms with Crippen LogP contribution in [0.5, 0.6) is 5.75 Å². The molecule has 0 saturated carbocycles. The molecule has 2 aromatic carbocycles. The van der Waals surface area contributed by atoms with Crippen LogP contribution in [0.15, 0.2) is 42.6 Å². The molecule has 5 heterocycles. The fourth-order valence-electron chi connectivity index (χ4n) is 5.40. The van der Waals surface area contributed by atoms with E-state index in [1.165, 1.54) is 0 Å². The van der Waals surface area contributed by atoms with Crippen molar-refractivity contribution in [3.05, 3.63) is 48.2 Å². The molecule has 2 atom stereocenters. The summed E-state index contributed by atoms with van der Waals surface area (Å²) in [5, 5.41) is 8.55. The van der Waals surface area contributed by atoms with E-state index in [2.05, 4.69) is 51.7 Å². The second-order valence-corrected chi connectivity index (χ2v) is 9.21. The van der Waals surface area contributed by atoms with E-state index in [4.69, 9.17) is 9.47 Å². The van der Waals surface area contributed by atoms with Gasteiger partial charge in [-0.3, -0.25) is 9.58 Å². The van der Waals surface area contributed by atoms with E-state index in [1.807, 2.05) is 17.9 Å². The SMILES string of the molecule is Cn1ncc2ccc(-c3ccc4c(c3)OCCC4NC(=O)O[C@@H]3CN4CCC3CC4)cc21. The Morgan fingerprint density at radius 3 is 2.75 bits per heavy atom. The zero-order valence-corrected chi connectivity index (χ0v) is 18.3. The molecule has 166 valence electrons. The average molecular weight is 433 g/mol. The van der Waals surface area contributed by atoms with Gasteiger partial charge in [-0.1, -0.05) is 24.3 Å². The number of alkyl carbamates (subject to hydrolysis) is 1. The topological polar surface area (TPSA) is 68.6 Å². The summed E-state index contributed by atoms with van der Waals surface area (Å²) in [7, 11) is 1.95. The predicted molar refractivity (Wildman–Crippen MR) is 122 cm³/mol. The van der Waals surface area contributed by atoms with Crippen molar-refractivity contribution in [2.24, 2.45) is 13.0 Å². The molecular formula is C25H28N4O3. The molecule has 1 aromatic heterocycles. The van der Waals surface area contributed by atoms with Crippen LogP contribution in [-0.4, -0.2) is 53.1 Å². The minimum atomic E-state index is -0.313. The molecule has 2 bridgehead atoms. The highest BCUT2D eigenvalue weighted by molar-refractivity contribution is 5.84. The maximum absolute atomic E-state index is 12.7. The molecule has 3 aromatic rings. The van der Waals surface area contributed by atoms with Gasteiger partial charge in [-0.15, -0.1) is 0 Å². The van der Waals surface area contributed by atoms with Gasteiger partial charge in [0.15, 0.2) is 0 Å². The Morgan fingerprint density at radius 1 is 1.12 bits per heavy atom. The molecule has 4 aliphatic rings. The molecule has 0 aliphatic carbocycles. The van der Waals surface area contributed by atoms with E-state index in [1.54, 1.807) is 0 Å². The Balaban J connectivity index is 1.19. The molecule has 0 spiro atoms. The largest absolute Gasteiger partial charge is 0.493 e. The van der Waals surface area contributed by atoms with Crippen molar-refractivity contribution in [2.75, 3.05) is 26.2 Å². The van der Waals surface area contributed by atoms with Crippen molar-refractivity contribution in [3.8, 4) is 16.9 Å². The summed E-state index contributed by atoms with van der Waals surface area (Å²) in [6, 6.07) is 12.5. The van der Waals surface area contributed by atoms with Crippen molar-refractivity contribution in [2.45, 2.75) is 31.4 Å². The fourth-order valence-corrected chi connectivity index (χ4v) is 5.40. The first kappa shape index (κ1) is 19.6. The van der Waals surface area contributed by atoms with Crippen LogP contribution >= 0.6 is 0 Å². The first-order valence-corrected chi connectivity index (χ1v) is 11.5. The van der Waals surface area contributed by atoms with Crippen LogP contribution in [0.3, 0.4) is 0 Å². The Kier molecular flexibility index (Phi) is 4.79. The lowest BCUT2D eigenvalue weighted by atomic mass is 9.86. The summed E-state index contributed by atoms with van der Waals surface area (Å²) in [6.07, 6.45) is 4.58. The fraction of sp³-hybridized carbons (Fsp3) is 0.440. The highest BCUT2D eigenvalue weighted by Crippen LogP contribution is 2.36. The van der Waals surface area contributed by atoms with E-state index in [0.717, 1.165) is 72.2 Å². The minimum Gasteiger partial charge on any atom is -0.493 e. The van der Waals surface area contributed by atoms with E-state index in [-0.39, 0.29) is 18.2 Å². The number of amides is 1. The number of nitrogens with one attached hydrogen (secondary N) is 1. The first-order valence-electron chi connectivity index (χ1n) is 11.5. The zero-order chi connectivity index (χ0) is 21.7. The summed E-state index contributed by atoms with van der Waals surface area (Å²) in [5.41, 5.74) is 4.30. The number of rotatable bonds is 3. The average Bonchev–Trinajstić information content (AvgIpc) is 3.20. The Labute approximate surface area is 187 Å². The first-order chi connectivity index (χ1) is 15.6. The third-order valence-corrected chi connectivity index (χ3v) is 7.28. The lowest BCUT2D eigenvalue weighted by molar-refractivity contribution is -0.0342. The molecule has 4 aliphatic heterocycles. The highest BCUT2D eigenvalue weighted by atomic mass is 16.6. The lowest BCUT2D eigenvalue weighted by Gasteiger charge is -2.44. The van der Waals surface area contributed by atoms with Crippen LogP contribution in [0.2, 0.25) is 0 Å². The molecule has 7 rings (SSSR count). The van der Waals surface area contributed by atoms with Crippen LogP contribution in [0.4, 0.5) is 4.79 Å². The van der Waals surface area contributed by atoms with Gasteiger partial charge < -0.3 is 14.8 Å². The Bertz CT molecular complexity index is 1170. The van der Waals surface area contributed by atoms with Crippen LogP contribution < -0.4 is 10.1 Å². The maximum Gasteiger partial charge on any atom is 0.407 e. The lowest BCUT2D eigenvalue weighted by Crippen LogP contribution is -2.52. The number of hydrogen-bond acceptors (Lipinski definition) is 5. The number of fused-ring (bicyclic) bond motifs is 5. The Morgan fingerprint density at radius 2 is 1.94 bits per heavy atom. The van der Waals surface area contributed by atoms with E-state index in [9.17, 15) is 4.79 Å². The van der Waals surface area contributed by atoms with Gasteiger partial charge in [-0.05, 0) is 55.1 Å². The molecule has 3 saturated heterocycles. The second kappa shape index (κ2) is 7.81. The van der Waals surface area contributed by atoms with Crippen LogP contribution in [0.1, 0.15) is 30.9 Å². The van der Waals surface area contributed by atoms with E-state index in [0.29, 0.717) is 12.5 Å². The van der Waals surface area contributed by atoms with E-state index >= 15 is 0 Å². The molecule has 0 radical (unpaired) electrons. The van der Waals surface area contributed by atoms with Gasteiger partial charge in [0.05, 0.1) is 24.4 Å². The van der Waals surface area contributed by atoms with Crippen LogP contribution in [0.25, 0.3) is 22.0 Å². The normalized spacial score (nSPS) is 26.4. The number of carbonyl (C=O) groups is 1. The molecule has 1 unspecified atom stereocenters. The summed E-state index contributed by atoms with van der Waals surface area (Å²) in [4.78, 5) is 15.1. The molecular weight excluding hydrogens is 404 g/mol. The van der Waals surface area contributed by atoms with Gasteiger partial charge in [-0.25, -0.2) is 4.79 Å². The number of carbonyl (C=O) groups excluding carboxylic acids is 1. The van der Waals surface area contributed by atoms with Crippen molar-refractivity contribution < 1.29 is 14.3 Å². The van der Waals surface area contributed by atoms with Gasteiger partial charge in [0, 0.05) is 31.0 Å². The molecule has 7 heteroatoms. The molecule has 1 amide bonds. The van der Waals surface area contributed by atoms with Gasteiger partial charge in [-0.2, -0.15) is 5.10 Å². The van der Waals surface area contributed by atoms with Gasteiger partial charge in [0.1, 0.15) is 11.9 Å². The van der Waals surface area contributed by atoms with Crippen molar-refractivity contribution in [1.82, 2.24) is 20.0 Å². The molecule has 3 fully saturated rings. The number of aryl methyl sites for hydroxylation is 1. The maximum atomic E-state index is 12.7. The third kappa shape index (κ3) is 3.50. The van der Waals surface area contributed by atoms with Gasteiger partial charge >= 0.3 is 6.09 Å². The smallest absolute Gasteiger partial charge is 0.407 e. The summed E-state index contributed by atoms with van der Waals surface area (Å²) >= 11 is 0. The number of aromatic nitrogens is 2. The van der Waals surface area contributed by atoms with Crippen molar-refractivity contribution in [3.63, 3.8) is 0 Å². The molecule has 1 N–H and O–H groups in total. The van der Waals surface area contributed by atoms with Gasteiger partial charge in [0.25, 0.3) is 0 Å². The number of piperidine rings is 3. The predicted octanol–water partition coefficient (Wildman–Crippen LogP) is 3.88. The summed E-state index contributed by atoms with van der Waals surface area (Å²) in [6.45, 7) is 3.71. The highest BCUT2D eigenvalue weighted by Gasteiger charge is 2.37. The van der Waals surface area contributed by atoms with E-state index < -0.39 is 0 Å². The quantitative estimate of drug-likeness (QED) is 0.680. The van der Waals surface area contributed by atoms with Crippen LogP contribution in [0, 0.1) is 5.92 Å². The van der Waals surface area contributed by atoms with Crippen molar-refractivity contribution in [1.29, 1.82) is 0 Å². The molecule has 7 nitrogen and oxygen atoms in total. The minimum absolute atomic E-state index is 0.0149. The number of nitrogens with zero attached hydrogens (tertiary/aromatic N) is 3. The van der Waals surface area contributed by atoms with Crippen molar-refractivity contribution >= 4 is 17.0 Å². The zero-order valence-electron chi connectivity index (χ0n) is 18.3. The van der Waals surface area contributed by atoms with Gasteiger partial charge in [0.2, 0.25) is 0 Å². The Hall–Kier alpha value is -3.06. The number of hydrogen-bond donors (Lipinski definition) is 1. The third-order valence-electron chi connectivity index (χ3n) is 7.28. The molecule has 32 heavy (non-hydrogen) atoms.